The van der Waals surface area contributed by atoms with Crippen molar-refractivity contribution in [1.82, 2.24) is 9.88 Å². The Morgan fingerprint density at radius 3 is 2.60 bits per heavy atom. The van der Waals surface area contributed by atoms with E-state index in [1.54, 1.807) is 24.4 Å². The topological polar surface area (TPSA) is 122 Å². The number of carbonyl (C=O) groups excluding carboxylic acids is 1. The van der Waals surface area contributed by atoms with Crippen LogP contribution in [0.3, 0.4) is 0 Å². The van der Waals surface area contributed by atoms with Gasteiger partial charge in [-0.2, -0.15) is 5.26 Å². The van der Waals surface area contributed by atoms with Gasteiger partial charge in [-0.25, -0.2) is 0 Å². The molecule has 43 heavy (non-hydrogen) atoms. The molecule has 3 N–H and O–H groups in total. The zero-order chi connectivity index (χ0) is 30.5. The molecule has 1 atom stereocenters. The number of amides is 1. The molecule has 1 aromatic heterocycles. The number of pyridine rings is 1. The minimum absolute atomic E-state index is 0.196. The number of aromatic hydroxyl groups is 1. The number of primary amides is 1. The van der Waals surface area contributed by atoms with Gasteiger partial charge in [-0.3, -0.25) is 14.7 Å². The first-order chi connectivity index (χ1) is 20.7. The summed E-state index contributed by atoms with van der Waals surface area (Å²) in [6, 6.07) is 18.6. The number of phenolic OH excluding ortho intramolecular Hbond substituents is 1. The Morgan fingerprint density at radius 1 is 1.07 bits per heavy atom. The van der Waals surface area contributed by atoms with E-state index in [4.69, 9.17) is 26.8 Å². The van der Waals surface area contributed by atoms with E-state index in [9.17, 15) is 15.2 Å². The van der Waals surface area contributed by atoms with Crippen LogP contribution in [0.15, 0.2) is 67.0 Å². The first-order valence-electron chi connectivity index (χ1n) is 14.1. The van der Waals surface area contributed by atoms with Crippen LogP contribution in [0.25, 0.3) is 11.1 Å². The number of nitrogens with zero attached hydrogens (tertiary/aromatic N) is 3. The fraction of sp³-hybridized carbons (Fsp3) is 0.265. The van der Waals surface area contributed by atoms with E-state index >= 15 is 0 Å². The average molecular weight is 597 g/mol. The number of nitrogens with two attached hydrogens (primary N) is 1. The Kier molecular flexibility index (Phi) is 9.15. The molecular formula is C34H33ClN4O4. The van der Waals surface area contributed by atoms with Crippen molar-refractivity contribution < 1.29 is 19.4 Å². The lowest BCUT2D eigenvalue weighted by molar-refractivity contribution is -0.122. The van der Waals surface area contributed by atoms with E-state index in [2.05, 4.69) is 11.1 Å². The van der Waals surface area contributed by atoms with Crippen molar-refractivity contribution in [1.29, 1.82) is 5.26 Å². The number of likely N-dealkylation sites (tertiary alicyclic amines) is 1. The van der Waals surface area contributed by atoms with Crippen molar-refractivity contribution in [3.8, 4) is 34.4 Å². The summed E-state index contributed by atoms with van der Waals surface area (Å²) in [7, 11) is 0. The summed E-state index contributed by atoms with van der Waals surface area (Å²) < 4.78 is 12.5. The van der Waals surface area contributed by atoms with E-state index < -0.39 is 0 Å². The fourth-order valence-corrected chi connectivity index (χ4v) is 5.71. The molecule has 0 aliphatic carbocycles. The maximum atomic E-state index is 12.0. The van der Waals surface area contributed by atoms with E-state index in [0.717, 1.165) is 51.9 Å². The lowest BCUT2D eigenvalue weighted by atomic mass is 9.93. The largest absolute Gasteiger partial charge is 0.508 e. The summed E-state index contributed by atoms with van der Waals surface area (Å²) in [5.41, 5.74) is 12.4. The number of benzene rings is 3. The van der Waals surface area contributed by atoms with Crippen LogP contribution < -0.4 is 15.2 Å². The van der Waals surface area contributed by atoms with E-state index in [1.165, 1.54) is 6.20 Å². The van der Waals surface area contributed by atoms with Gasteiger partial charge in [-0.1, -0.05) is 41.9 Å². The lowest BCUT2D eigenvalue weighted by Gasteiger charge is -2.23. The third kappa shape index (κ3) is 6.75. The Bertz CT molecular complexity index is 1700. The third-order valence-corrected chi connectivity index (χ3v) is 8.34. The van der Waals surface area contributed by atoms with Crippen molar-refractivity contribution >= 4 is 17.5 Å². The molecule has 1 fully saturated rings. The zero-order valence-electron chi connectivity index (χ0n) is 24.1. The van der Waals surface area contributed by atoms with Gasteiger partial charge in [0.1, 0.15) is 36.5 Å². The third-order valence-electron chi connectivity index (χ3n) is 7.91. The van der Waals surface area contributed by atoms with Crippen molar-refractivity contribution in [3.63, 3.8) is 0 Å². The lowest BCUT2D eigenvalue weighted by Crippen LogP contribution is -2.39. The second kappa shape index (κ2) is 13.2. The Morgan fingerprint density at radius 2 is 1.84 bits per heavy atom. The molecule has 8 nitrogen and oxygen atoms in total. The Labute approximate surface area is 256 Å². The molecule has 3 aromatic carbocycles. The number of phenols is 1. The first-order valence-corrected chi connectivity index (χ1v) is 14.5. The predicted octanol–water partition coefficient (Wildman–Crippen LogP) is 6.20. The molecule has 1 aliphatic heterocycles. The molecule has 1 saturated heterocycles. The second-order valence-electron chi connectivity index (χ2n) is 10.7. The van der Waals surface area contributed by atoms with Gasteiger partial charge in [-0.15, -0.1) is 0 Å². The summed E-state index contributed by atoms with van der Waals surface area (Å²) in [5.74, 6) is 0.889. The minimum atomic E-state index is -0.351. The molecule has 5 rings (SSSR count). The number of rotatable bonds is 10. The number of aromatic nitrogens is 1. The van der Waals surface area contributed by atoms with Crippen LogP contribution in [0.4, 0.5) is 0 Å². The number of hydrogen-bond acceptors (Lipinski definition) is 7. The van der Waals surface area contributed by atoms with Crippen LogP contribution in [0, 0.1) is 25.2 Å². The van der Waals surface area contributed by atoms with Crippen LogP contribution >= 0.6 is 11.6 Å². The maximum absolute atomic E-state index is 12.0. The van der Waals surface area contributed by atoms with Gasteiger partial charge in [0.05, 0.1) is 16.6 Å². The molecule has 0 saturated carbocycles. The number of hydrogen-bond donors (Lipinski definition) is 2. The smallest absolute Gasteiger partial charge is 0.234 e. The molecule has 4 aromatic rings. The maximum Gasteiger partial charge on any atom is 0.234 e. The van der Waals surface area contributed by atoms with Gasteiger partial charge in [0.2, 0.25) is 5.91 Å². The highest BCUT2D eigenvalue weighted by atomic mass is 35.5. The number of carbonyl (C=O) groups is 1. The van der Waals surface area contributed by atoms with Crippen LogP contribution in [-0.4, -0.2) is 33.5 Å². The van der Waals surface area contributed by atoms with Crippen LogP contribution in [-0.2, 0) is 24.6 Å². The highest BCUT2D eigenvalue weighted by molar-refractivity contribution is 6.32. The molecule has 0 unspecified atom stereocenters. The predicted molar refractivity (Wildman–Crippen MR) is 165 cm³/mol. The number of halogens is 1. The molecule has 2 heterocycles. The van der Waals surface area contributed by atoms with Crippen molar-refractivity contribution in [2.24, 2.45) is 5.73 Å². The van der Waals surface area contributed by atoms with Crippen LogP contribution in [0.1, 0.15) is 46.2 Å². The standard InChI is InChI=1S/C34H33ClN4O4/c1-21-25(6-3-7-28(21)29-8-4-10-31(40)22(29)2)20-43-32-14-27(42-19-24-12-23(15-36)16-38-17-24)13-26(33(32)35)18-39-11-5-9-30(39)34(37)41/h3-4,6-8,10,12-14,16-17,30,40H,5,9,11,18-20H2,1-2H3,(H2,37,41)/t30-/m0/s1. The normalized spacial score (nSPS) is 14.8. The molecule has 0 radical (unpaired) electrons. The highest BCUT2D eigenvalue weighted by Gasteiger charge is 2.30. The van der Waals surface area contributed by atoms with Crippen LogP contribution in [0.5, 0.6) is 17.2 Å². The SMILES string of the molecule is Cc1c(O)cccc1-c1cccc(COc2cc(OCc3cncc(C#N)c3)cc(CN3CCC[C@H]3C(N)=O)c2Cl)c1C. The highest BCUT2D eigenvalue weighted by Crippen LogP contribution is 2.37. The van der Waals surface area contributed by atoms with Gasteiger partial charge in [-0.05, 0) is 84.8 Å². The van der Waals surface area contributed by atoms with E-state index in [0.29, 0.717) is 35.1 Å². The van der Waals surface area contributed by atoms with Gasteiger partial charge < -0.3 is 20.3 Å². The molecule has 1 amide bonds. The Hall–Kier alpha value is -4.58. The molecule has 9 heteroatoms. The molecular weight excluding hydrogens is 564 g/mol. The van der Waals surface area contributed by atoms with Gasteiger partial charge in [0, 0.05) is 30.6 Å². The number of nitriles is 1. The monoisotopic (exact) mass is 596 g/mol. The average Bonchev–Trinajstić information content (AvgIpc) is 3.47. The zero-order valence-corrected chi connectivity index (χ0v) is 24.9. The van der Waals surface area contributed by atoms with Crippen molar-refractivity contribution in [2.75, 3.05) is 6.54 Å². The van der Waals surface area contributed by atoms with Gasteiger partial charge >= 0.3 is 0 Å². The first kappa shape index (κ1) is 29.9. The Balaban J connectivity index is 1.43. The number of ether oxygens (including phenoxy) is 2. The summed E-state index contributed by atoms with van der Waals surface area (Å²) in [4.78, 5) is 18.2. The second-order valence-corrected chi connectivity index (χ2v) is 11.1. The molecule has 0 spiro atoms. The molecule has 220 valence electrons. The fourth-order valence-electron chi connectivity index (χ4n) is 5.48. The molecule has 1 aliphatic rings. The summed E-state index contributed by atoms with van der Waals surface area (Å²) in [6.45, 7) is 5.53. The van der Waals surface area contributed by atoms with Gasteiger partial charge in [0.15, 0.2) is 0 Å². The van der Waals surface area contributed by atoms with Crippen molar-refractivity contribution in [3.05, 3.63) is 105 Å². The van der Waals surface area contributed by atoms with Crippen LogP contribution in [0.2, 0.25) is 5.02 Å². The minimum Gasteiger partial charge on any atom is -0.508 e. The van der Waals surface area contributed by atoms with E-state index in [1.807, 2.05) is 55.1 Å². The quantitative estimate of drug-likeness (QED) is 0.223. The summed E-state index contributed by atoms with van der Waals surface area (Å²) in [5, 5.41) is 19.9. The van der Waals surface area contributed by atoms with E-state index in [-0.39, 0.29) is 30.9 Å². The summed E-state index contributed by atoms with van der Waals surface area (Å²) in [6.07, 6.45) is 4.74. The summed E-state index contributed by atoms with van der Waals surface area (Å²) >= 11 is 6.92. The van der Waals surface area contributed by atoms with Crippen molar-refractivity contribution in [2.45, 2.75) is 52.5 Å². The van der Waals surface area contributed by atoms with Gasteiger partial charge in [0.25, 0.3) is 0 Å². The molecule has 0 bridgehead atoms.